The van der Waals surface area contributed by atoms with Gasteiger partial charge in [0.05, 0.1) is 5.69 Å². The van der Waals surface area contributed by atoms with Crippen LogP contribution in [0.2, 0.25) is 0 Å². The Bertz CT molecular complexity index is 972. The minimum atomic E-state index is 0.685. The molecule has 0 unspecified atom stereocenters. The predicted octanol–water partition coefficient (Wildman–Crippen LogP) is 6.88. The van der Waals surface area contributed by atoms with E-state index in [1.807, 2.05) is 6.20 Å². The highest BCUT2D eigenvalue weighted by Crippen LogP contribution is 2.46. The molecule has 154 valence electrons. The first-order valence-electron chi connectivity index (χ1n) is 11.5. The van der Waals surface area contributed by atoms with Crippen molar-refractivity contribution in [3.8, 4) is 22.3 Å². The summed E-state index contributed by atoms with van der Waals surface area (Å²) in [7, 11) is 0. The molecule has 0 atom stereocenters. The molecule has 1 aliphatic carbocycles. The van der Waals surface area contributed by atoms with Gasteiger partial charge in [0.1, 0.15) is 0 Å². The number of nitrogens with zero attached hydrogens (tertiary/aromatic N) is 2. The molecule has 2 aromatic carbocycles. The number of rotatable bonds is 4. The van der Waals surface area contributed by atoms with E-state index in [9.17, 15) is 0 Å². The van der Waals surface area contributed by atoms with Crippen molar-refractivity contribution in [3.05, 3.63) is 78.1 Å². The average Bonchev–Trinajstić information content (AvgIpc) is 3.25. The second-order valence-electron chi connectivity index (χ2n) is 9.46. The van der Waals surface area contributed by atoms with Crippen LogP contribution in [-0.2, 0) is 6.54 Å². The maximum atomic E-state index is 4.68. The maximum absolute atomic E-state index is 4.68. The highest BCUT2D eigenvalue weighted by molar-refractivity contribution is 5.70. The topological polar surface area (TPSA) is 16.1 Å². The molecule has 1 aliphatic heterocycles. The highest BCUT2D eigenvalue weighted by atomic mass is 15.1. The van der Waals surface area contributed by atoms with Crippen molar-refractivity contribution < 1.29 is 0 Å². The molecule has 5 rings (SSSR count). The molecule has 2 nitrogen and oxygen atoms in total. The minimum absolute atomic E-state index is 0.685. The second-order valence-corrected chi connectivity index (χ2v) is 9.46. The summed E-state index contributed by atoms with van der Waals surface area (Å²) in [5.74, 6) is 0. The average molecular weight is 397 g/mol. The van der Waals surface area contributed by atoms with E-state index < -0.39 is 0 Å². The lowest BCUT2D eigenvalue weighted by molar-refractivity contribution is 0.103. The molecule has 3 aromatic rings. The number of aryl methyl sites for hydroxylation is 1. The summed E-state index contributed by atoms with van der Waals surface area (Å²) in [4.78, 5) is 7.29. The number of aromatic nitrogens is 1. The number of pyridine rings is 1. The quantitative estimate of drug-likeness (QED) is 0.478. The standard InChI is InChI=1S/C28H32N2/c1-22-4-6-23(7-5-22)24-8-10-25(11-9-24)26-12-17-29-27(20-26)21-30-18-15-28(16-19-30)13-2-3-14-28/h4-12,17,20H,2-3,13-16,18-19,21H2,1H3. The molecule has 1 saturated heterocycles. The number of likely N-dealkylation sites (tertiary alicyclic amines) is 1. The van der Waals surface area contributed by atoms with Gasteiger partial charge in [0.25, 0.3) is 0 Å². The molecule has 1 aromatic heterocycles. The van der Waals surface area contributed by atoms with Crippen LogP contribution >= 0.6 is 0 Å². The monoisotopic (exact) mass is 396 g/mol. The third kappa shape index (κ3) is 4.20. The van der Waals surface area contributed by atoms with Crippen molar-refractivity contribution in [1.29, 1.82) is 0 Å². The molecule has 0 radical (unpaired) electrons. The predicted molar refractivity (Wildman–Crippen MR) is 125 cm³/mol. The van der Waals surface area contributed by atoms with Gasteiger partial charge in [-0.1, -0.05) is 66.9 Å². The Morgan fingerprint density at radius 1 is 0.733 bits per heavy atom. The summed E-state index contributed by atoms with van der Waals surface area (Å²) in [6.45, 7) is 5.57. The first-order valence-corrected chi connectivity index (χ1v) is 11.5. The van der Waals surface area contributed by atoms with Gasteiger partial charge in [-0.05, 0) is 85.5 Å². The fourth-order valence-electron chi connectivity index (χ4n) is 5.38. The molecule has 30 heavy (non-hydrogen) atoms. The lowest BCUT2D eigenvalue weighted by Gasteiger charge is -2.39. The lowest BCUT2D eigenvalue weighted by atomic mass is 9.77. The van der Waals surface area contributed by atoms with Gasteiger partial charge in [0.2, 0.25) is 0 Å². The van der Waals surface area contributed by atoms with Gasteiger partial charge in [0, 0.05) is 12.7 Å². The van der Waals surface area contributed by atoms with Crippen LogP contribution in [0, 0.1) is 12.3 Å². The van der Waals surface area contributed by atoms with Crippen LogP contribution in [0.3, 0.4) is 0 Å². The Balaban J connectivity index is 1.26. The van der Waals surface area contributed by atoms with E-state index in [1.165, 1.54) is 85.1 Å². The molecule has 2 heterocycles. The van der Waals surface area contributed by atoms with Crippen molar-refractivity contribution in [2.24, 2.45) is 5.41 Å². The van der Waals surface area contributed by atoms with E-state index in [0.717, 1.165) is 6.54 Å². The van der Waals surface area contributed by atoms with Crippen molar-refractivity contribution in [2.75, 3.05) is 13.1 Å². The smallest absolute Gasteiger partial charge is 0.0550 e. The van der Waals surface area contributed by atoms with Crippen molar-refractivity contribution in [2.45, 2.75) is 52.0 Å². The summed E-state index contributed by atoms with van der Waals surface area (Å²) < 4.78 is 0. The SMILES string of the molecule is Cc1ccc(-c2ccc(-c3ccnc(CN4CCC5(CCCC5)CC4)c3)cc2)cc1. The van der Waals surface area contributed by atoms with E-state index in [-0.39, 0.29) is 0 Å². The third-order valence-corrected chi connectivity index (χ3v) is 7.39. The number of benzene rings is 2. The van der Waals surface area contributed by atoms with E-state index in [1.54, 1.807) is 0 Å². The molecule has 2 heteroatoms. The Morgan fingerprint density at radius 3 is 1.93 bits per heavy atom. The van der Waals surface area contributed by atoms with Gasteiger partial charge in [0.15, 0.2) is 0 Å². The molecule has 0 N–H and O–H groups in total. The summed E-state index contributed by atoms with van der Waals surface area (Å²) in [6, 6.07) is 22.1. The molecule has 2 fully saturated rings. The Kier molecular flexibility index (Phi) is 5.43. The van der Waals surface area contributed by atoms with Crippen molar-refractivity contribution in [1.82, 2.24) is 9.88 Å². The van der Waals surface area contributed by atoms with Crippen molar-refractivity contribution >= 4 is 0 Å². The largest absolute Gasteiger partial charge is 0.297 e. The van der Waals surface area contributed by atoms with Crippen LogP contribution in [0.1, 0.15) is 49.8 Å². The van der Waals surface area contributed by atoms with Crippen LogP contribution in [0.4, 0.5) is 0 Å². The number of hydrogen-bond donors (Lipinski definition) is 0. The fraction of sp³-hybridized carbons (Fsp3) is 0.393. The Hall–Kier alpha value is -2.45. The van der Waals surface area contributed by atoms with Gasteiger partial charge in [-0.3, -0.25) is 9.88 Å². The van der Waals surface area contributed by atoms with E-state index in [4.69, 9.17) is 0 Å². The summed E-state index contributed by atoms with van der Waals surface area (Å²) in [6.07, 6.45) is 10.6. The van der Waals surface area contributed by atoms with Crippen LogP contribution in [0.5, 0.6) is 0 Å². The first kappa shape index (κ1) is 19.5. The zero-order chi connectivity index (χ0) is 20.4. The van der Waals surface area contributed by atoms with Crippen LogP contribution < -0.4 is 0 Å². The molecular formula is C28H32N2. The lowest BCUT2D eigenvalue weighted by Crippen LogP contribution is -2.38. The van der Waals surface area contributed by atoms with Gasteiger partial charge < -0.3 is 0 Å². The van der Waals surface area contributed by atoms with Crippen LogP contribution in [0.25, 0.3) is 22.3 Å². The van der Waals surface area contributed by atoms with Crippen LogP contribution in [-0.4, -0.2) is 23.0 Å². The molecule has 0 bridgehead atoms. The summed E-state index contributed by atoms with van der Waals surface area (Å²) >= 11 is 0. The van der Waals surface area contributed by atoms with E-state index in [2.05, 4.69) is 77.5 Å². The Morgan fingerprint density at radius 2 is 1.30 bits per heavy atom. The zero-order valence-electron chi connectivity index (χ0n) is 18.1. The highest BCUT2D eigenvalue weighted by Gasteiger charge is 2.36. The zero-order valence-corrected chi connectivity index (χ0v) is 18.1. The van der Waals surface area contributed by atoms with Gasteiger partial charge >= 0.3 is 0 Å². The van der Waals surface area contributed by atoms with Gasteiger partial charge in [-0.2, -0.15) is 0 Å². The Labute approximate surface area is 181 Å². The molecule has 1 saturated carbocycles. The molecule has 0 amide bonds. The third-order valence-electron chi connectivity index (χ3n) is 7.39. The molecular weight excluding hydrogens is 364 g/mol. The maximum Gasteiger partial charge on any atom is 0.0550 e. The van der Waals surface area contributed by atoms with Crippen LogP contribution in [0.15, 0.2) is 66.9 Å². The number of hydrogen-bond acceptors (Lipinski definition) is 2. The molecule has 1 spiro atoms. The summed E-state index contributed by atoms with van der Waals surface area (Å²) in [5, 5.41) is 0. The number of piperidine rings is 1. The van der Waals surface area contributed by atoms with E-state index in [0.29, 0.717) is 5.41 Å². The minimum Gasteiger partial charge on any atom is -0.297 e. The van der Waals surface area contributed by atoms with Crippen molar-refractivity contribution in [3.63, 3.8) is 0 Å². The summed E-state index contributed by atoms with van der Waals surface area (Å²) in [5.41, 5.74) is 8.24. The fourth-order valence-corrected chi connectivity index (χ4v) is 5.38. The van der Waals surface area contributed by atoms with Gasteiger partial charge in [-0.25, -0.2) is 0 Å². The van der Waals surface area contributed by atoms with E-state index >= 15 is 0 Å². The molecule has 2 aliphatic rings. The first-order chi connectivity index (χ1) is 14.7. The normalized spacial score (nSPS) is 18.7. The van der Waals surface area contributed by atoms with Gasteiger partial charge in [-0.15, -0.1) is 0 Å². The second kappa shape index (κ2) is 8.35.